The highest BCUT2D eigenvalue weighted by Crippen LogP contribution is 2.29. The van der Waals surface area contributed by atoms with Crippen LogP contribution in [0.25, 0.3) is 0 Å². The van der Waals surface area contributed by atoms with E-state index in [1.807, 2.05) is 6.92 Å². The van der Waals surface area contributed by atoms with Gasteiger partial charge in [-0.2, -0.15) is 0 Å². The van der Waals surface area contributed by atoms with Crippen molar-refractivity contribution in [1.29, 1.82) is 0 Å². The van der Waals surface area contributed by atoms with Crippen LogP contribution in [-0.2, 0) is 4.79 Å². The van der Waals surface area contributed by atoms with Gasteiger partial charge >= 0.3 is 0 Å². The Kier molecular flexibility index (Phi) is 2.20. The second-order valence-corrected chi connectivity index (χ2v) is 3.50. The standard InChI is InChI=1S/C10H14O2/c1-7(2)10(12)5-4-8(3)6-9(10)11/h6,12H,1,4-5H2,2-3H3/t10-/m0/s1. The number of aliphatic hydroxyl groups is 1. The zero-order chi connectivity index (χ0) is 9.35. The van der Waals surface area contributed by atoms with Gasteiger partial charge in [0.25, 0.3) is 0 Å². The quantitative estimate of drug-likeness (QED) is 0.601. The number of hydrogen-bond acceptors (Lipinski definition) is 2. The number of carbonyl (C=O) groups excluding carboxylic acids is 1. The average Bonchev–Trinajstić information content (AvgIpc) is 1.97. The Hall–Kier alpha value is -0.890. The summed E-state index contributed by atoms with van der Waals surface area (Å²) in [6.07, 6.45) is 2.76. The first-order valence-corrected chi connectivity index (χ1v) is 4.07. The Morgan fingerprint density at radius 2 is 2.33 bits per heavy atom. The largest absolute Gasteiger partial charge is 0.377 e. The van der Waals surface area contributed by atoms with E-state index in [2.05, 4.69) is 6.58 Å². The molecule has 66 valence electrons. The van der Waals surface area contributed by atoms with Crippen molar-refractivity contribution >= 4 is 5.78 Å². The molecule has 0 bridgehead atoms. The van der Waals surface area contributed by atoms with Crippen LogP contribution in [0.3, 0.4) is 0 Å². The molecule has 2 heteroatoms. The monoisotopic (exact) mass is 166 g/mol. The fourth-order valence-corrected chi connectivity index (χ4v) is 1.34. The molecule has 0 heterocycles. The van der Waals surface area contributed by atoms with Gasteiger partial charge in [0.15, 0.2) is 5.78 Å². The van der Waals surface area contributed by atoms with E-state index in [1.54, 1.807) is 6.92 Å². The first-order valence-electron chi connectivity index (χ1n) is 4.07. The SMILES string of the molecule is C=C(C)[C@@]1(O)CCC(C)=CC1=O. The van der Waals surface area contributed by atoms with E-state index in [9.17, 15) is 9.90 Å². The van der Waals surface area contributed by atoms with E-state index in [1.165, 1.54) is 6.08 Å². The molecule has 0 aliphatic heterocycles. The van der Waals surface area contributed by atoms with Crippen LogP contribution >= 0.6 is 0 Å². The lowest BCUT2D eigenvalue weighted by atomic mass is 9.80. The maximum absolute atomic E-state index is 11.4. The van der Waals surface area contributed by atoms with Gasteiger partial charge in [0.2, 0.25) is 0 Å². The average molecular weight is 166 g/mol. The van der Waals surface area contributed by atoms with Gasteiger partial charge in [-0.3, -0.25) is 4.79 Å². The van der Waals surface area contributed by atoms with Crippen molar-refractivity contribution in [1.82, 2.24) is 0 Å². The summed E-state index contributed by atoms with van der Waals surface area (Å²) in [6, 6.07) is 0. The molecule has 0 aromatic rings. The van der Waals surface area contributed by atoms with E-state index < -0.39 is 5.60 Å². The number of rotatable bonds is 1. The van der Waals surface area contributed by atoms with Crippen molar-refractivity contribution in [2.45, 2.75) is 32.3 Å². The molecular formula is C10H14O2. The number of ketones is 1. The van der Waals surface area contributed by atoms with E-state index in [0.717, 1.165) is 12.0 Å². The van der Waals surface area contributed by atoms with Crippen molar-refractivity contribution in [2.24, 2.45) is 0 Å². The van der Waals surface area contributed by atoms with E-state index in [-0.39, 0.29) is 5.78 Å². The molecule has 0 amide bonds. The van der Waals surface area contributed by atoms with Gasteiger partial charge in [-0.15, -0.1) is 0 Å². The van der Waals surface area contributed by atoms with Crippen LogP contribution in [0.1, 0.15) is 26.7 Å². The van der Waals surface area contributed by atoms with Gasteiger partial charge in [0, 0.05) is 0 Å². The highest BCUT2D eigenvalue weighted by atomic mass is 16.3. The zero-order valence-corrected chi connectivity index (χ0v) is 7.55. The number of hydrogen-bond donors (Lipinski definition) is 1. The zero-order valence-electron chi connectivity index (χ0n) is 7.55. The minimum absolute atomic E-state index is 0.223. The highest BCUT2D eigenvalue weighted by Gasteiger charge is 2.37. The Balaban J connectivity index is 2.98. The molecule has 1 rings (SSSR count). The van der Waals surface area contributed by atoms with Gasteiger partial charge in [0.05, 0.1) is 0 Å². The molecule has 0 fully saturated rings. The summed E-state index contributed by atoms with van der Waals surface area (Å²) in [7, 11) is 0. The van der Waals surface area contributed by atoms with Gasteiger partial charge in [0.1, 0.15) is 5.60 Å². The van der Waals surface area contributed by atoms with E-state index in [0.29, 0.717) is 12.0 Å². The van der Waals surface area contributed by atoms with Crippen LogP contribution in [0.15, 0.2) is 23.8 Å². The highest BCUT2D eigenvalue weighted by molar-refractivity contribution is 6.00. The predicted octanol–water partition coefficient (Wildman–Crippen LogP) is 1.60. The lowest BCUT2D eigenvalue weighted by Gasteiger charge is -2.29. The topological polar surface area (TPSA) is 37.3 Å². The normalized spacial score (nSPS) is 29.9. The van der Waals surface area contributed by atoms with E-state index in [4.69, 9.17) is 0 Å². The van der Waals surface area contributed by atoms with Crippen LogP contribution in [0.4, 0.5) is 0 Å². The van der Waals surface area contributed by atoms with Crippen LogP contribution in [0.5, 0.6) is 0 Å². The molecule has 0 radical (unpaired) electrons. The summed E-state index contributed by atoms with van der Waals surface area (Å²) in [5.41, 5.74) is 0.279. The molecule has 1 aliphatic rings. The first-order chi connectivity index (χ1) is 5.47. The fourth-order valence-electron chi connectivity index (χ4n) is 1.34. The van der Waals surface area contributed by atoms with Gasteiger partial charge < -0.3 is 5.11 Å². The number of carbonyl (C=O) groups is 1. The molecule has 1 atom stereocenters. The summed E-state index contributed by atoms with van der Waals surface area (Å²) < 4.78 is 0. The van der Waals surface area contributed by atoms with Crippen molar-refractivity contribution in [2.75, 3.05) is 0 Å². The maximum atomic E-state index is 11.4. The smallest absolute Gasteiger partial charge is 0.191 e. The van der Waals surface area contributed by atoms with E-state index >= 15 is 0 Å². The molecule has 1 N–H and O–H groups in total. The second kappa shape index (κ2) is 2.87. The summed E-state index contributed by atoms with van der Waals surface area (Å²) >= 11 is 0. The predicted molar refractivity (Wildman–Crippen MR) is 47.8 cm³/mol. The molecule has 0 spiro atoms. The van der Waals surface area contributed by atoms with Crippen molar-refractivity contribution < 1.29 is 9.90 Å². The van der Waals surface area contributed by atoms with Crippen LogP contribution in [0, 0.1) is 0 Å². The molecule has 0 aromatic carbocycles. The Morgan fingerprint density at radius 1 is 1.75 bits per heavy atom. The lowest BCUT2D eigenvalue weighted by molar-refractivity contribution is -0.129. The summed E-state index contributed by atoms with van der Waals surface area (Å²) in [4.78, 5) is 11.4. The van der Waals surface area contributed by atoms with Crippen molar-refractivity contribution in [3.63, 3.8) is 0 Å². The first kappa shape index (κ1) is 9.20. The van der Waals surface area contributed by atoms with Gasteiger partial charge in [-0.25, -0.2) is 0 Å². The summed E-state index contributed by atoms with van der Waals surface area (Å²) in [6.45, 7) is 7.21. The molecule has 1 aliphatic carbocycles. The lowest BCUT2D eigenvalue weighted by Crippen LogP contribution is -2.40. The van der Waals surface area contributed by atoms with Crippen LogP contribution < -0.4 is 0 Å². The molecular weight excluding hydrogens is 152 g/mol. The Morgan fingerprint density at radius 3 is 2.75 bits per heavy atom. The summed E-state index contributed by atoms with van der Waals surface area (Å²) in [5, 5.41) is 9.84. The number of allylic oxidation sites excluding steroid dienone is 1. The van der Waals surface area contributed by atoms with Crippen molar-refractivity contribution in [3.05, 3.63) is 23.8 Å². The van der Waals surface area contributed by atoms with Crippen LogP contribution in [-0.4, -0.2) is 16.5 Å². The molecule has 0 aromatic heterocycles. The molecule has 0 saturated carbocycles. The minimum Gasteiger partial charge on any atom is -0.377 e. The maximum Gasteiger partial charge on any atom is 0.191 e. The van der Waals surface area contributed by atoms with Gasteiger partial charge in [-0.1, -0.05) is 12.2 Å². The molecule has 2 nitrogen and oxygen atoms in total. The minimum atomic E-state index is -1.29. The second-order valence-electron chi connectivity index (χ2n) is 3.50. The Bertz CT molecular complexity index is 263. The third kappa shape index (κ3) is 1.34. The van der Waals surface area contributed by atoms with Crippen LogP contribution in [0.2, 0.25) is 0 Å². The van der Waals surface area contributed by atoms with Gasteiger partial charge in [-0.05, 0) is 38.3 Å². The Labute approximate surface area is 72.6 Å². The van der Waals surface area contributed by atoms with Crippen molar-refractivity contribution in [3.8, 4) is 0 Å². The third-order valence-electron chi connectivity index (χ3n) is 2.37. The molecule has 12 heavy (non-hydrogen) atoms. The molecule has 0 unspecified atom stereocenters. The third-order valence-corrected chi connectivity index (χ3v) is 2.37. The molecule has 0 saturated heterocycles. The fraction of sp³-hybridized carbons (Fsp3) is 0.500. The summed E-state index contributed by atoms with van der Waals surface area (Å²) in [5.74, 6) is -0.223.